The van der Waals surface area contributed by atoms with E-state index in [4.69, 9.17) is 21.1 Å². The Hall–Kier alpha value is -2.05. The highest BCUT2D eigenvalue weighted by Crippen LogP contribution is 2.34. The lowest BCUT2D eigenvalue weighted by molar-refractivity contribution is -0.140. The van der Waals surface area contributed by atoms with Gasteiger partial charge in [-0.2, -0.15) is 0 Å². The topological polar surface area (TPSA) is 67.9 Å². The molecule has 0 saturated carbocycles. The number of benzene rings is 1. The van der Waals surface area contributed by atoms with Gasteiger partial charge in [0.25, 0.3) is 0 Å². The van der Waals surface area contributed by atoms with E-state index in [9.17, 15) is 9.59 Å². The number of halogens is 1. The summed E-state index contributed by atoms with van der Waals surface area (Å²) in [6, 6.07) is 6.19. The number of hydrogen-bond acceptors (Lipinski definition) is 4. The quantitative estimate of drug-likeness (QED) is 0.631. The highest BCUT2D eigenvalue weighted by molar-refractivity contribution is 6.31. The van der Waals surface area contributed by atoms with Crippen LogP contribution in [0.1, 0.15) is 25.5 Å². The molecule has 1 N–H and O–H groups in total. The molecule has 1 aliphatic rings. The van der Waals surface area contributed by atoms with Crippen LogP contribution in [0.4, 0.5) is 4.79 Å². The maximum atomic E-state index is 12.6. The number of nitrogens with one attached hydrogen (secondary N) is 1. The van der Waals surface area contributed by atoms with Gasteiger partial charge in [-0.15, -0.1) is 0 Å². The summed E-state index contributed by atoms with van der Waals surface area (Å²) in [6.45, 7) is 4.47. The van der Waals surface area contributed by atoms with Crippen molar-refractivity contribution in [3.8, 4) is 0 Å². The van der Waals surface area contributed by atoms with E-state index in [-0.39, 0.29) is 12.6 Å². The van der Waals surface area contributed by atoms with Gasteiger partial charge in [0.1, 0.15) is 6.61 Å². The van der Waals surface area contributed by atoms with E-state index < -0.39 is 12.0 Å². The van der Waals surface area contributed by atoms with Crippen LogP contribution in [-0.4, -0.2) is 43.8 Å². The summed E-state index contributed by atoms with van der Waals surface area (Å²) in [6.07, 6.45) is 0. The number of hydrogen-bond donors (Lipinski definition) is 1. The third-order valence-electron chi connectivity index (χ3n) is 3.87. The van der Waals surface area contributed by atoms with E-state index in [0.29, 0.717) is 35.0 Å². The zero-order valence-corrected chi connectivity index (χ0v) is 14.7. The molecule has 0 saturated heterocycles. The molecule has 0 radical (unpaired) electrons. The molecule has 1 aromatic rings. The smallest absolute Gasteiger partial charge is 0.338 e. The first-order valence-corrected chi connectivity index (χ1v) is 8.08. The largest absolute Gasteiger partial charge is 0.460 e. The zero-order valence-electron chi connectivity index (χ0n) is 14.0. The molecule has 0 bridgehead atoms. The number of rotatable bonds is 6. The van der Waals surface area contributed by atoms with Gasteiger partial charge in [-0.1, -0.05) is 29.8 Å². The van der Waals surface area contributed by atoms with Crippen molar-refractivity contribution in [3.05, 3.63) is 46.1 Å². The average Bonchev–Trinajstić information content (AvgIpc) is 2.55. The number of esters is 1. The standard InChI is InChI=1S/C17H21ClN2O4/c1-4-20-11(2)14(16(21)24-10-9-23-3)15(19-17(20)22)12-7-5-6-8-13(12)18/h5-8,15H,4,9-10H2,1-3H3,(H,19,22)/t15-/m0/s1. The fraction of sp³-hybridized carbons (Fsp3) is 0.412. The molecule has 24 heavy (non-hydrogen) atoms. The molecule has 0 aromatic heterocycles. The SMILES string of the molecule is CCN1C(=O)N[C@@H](c2ccccc2Cl)C(C(=O)OCCOC)=C1C. The molecule has 1 atom stereocenters. The van der Waals surface area contributed by atoms with Gasteiger partial charge in [0.2, 0.25) is 0 Å². The third-order valence-corrected chi connectivity index (χ3v) is 4.21. The van der Waals surface area contributed by atoms with E-state index in [1.54, 1.807) is 25.1 Å². The predicted molar refractivity (Wildman–Crippen MR) is 90.6 cm³/mol. The monoisotopic (exact) mass is 352 g/mol. The number of allylic oxidation sites excluding steroid dienone is 1. The van der Waals surface area contributed by atoms with Crippen LogP contribution in [0.25, 0.3) is 0 Å². The first-order chi connectivity index (χ1) is 11.5. The number of carbonyl (C=O) groups is 2. The van der Waals surface area contributed by atoms with E-state index in [2.05, 4.69) is 5.32 Å². The predicted octanol–water partition coefficient (Wildman–Crippen LogP) is 2.89. The van der Waals surface area contributed by atoms with Crippen LogP contribution in [0.5, 0.6) is 0 Å². The van der Waals surface area contributed by atoms with Crippen molar-refractivity contribution in [1.82, 2.24) is 10.2 Å². The van der Waals surface area contributed by atoms with E-state index in [1.165, 1.54) is 12.0 Å². The van der Waals surface area contributed by atoms with Crippen LogP contribution < -0.4 is 5.32 Å². The van der Waals surface area contributed by atoms with Crippen LogP contribution in [-0.2, 0) is 14.3 Å². The Labute approximate surface area is 146 Å². The second kappa shape index (κ2) is 8.17. The molecule has 0 aliphatic carbocycles. The fourth-order valence-corrected chi connectivity index (χ4v) is 2.91. The van der Waals surface area contributed by atoms with Crippen LogP contribution in [0.3, 0.4) is 0 Å². The second-order valence-corrected chi connectivity index (χ2v) is 5.68. The summed E-state index contributed by atoms with van der Waals surface area (Å²) in [5, 5.41) is 3.31. The normalized spacial score (nSPS) is 17.8. The van der Waals surface area contributed by atoms with Gasteiger partial charge in [0.05, 0.1) is 18.2 Å². The van der Waals surface area contributed by atoms with Gasteiger partial charge in [-0.25, -0.2) is 9.59 Å². The van der Waals surface area contributed by atoms with Crippen molar-refractivity contribution in [2.45, 2.75) is 19.9 Å². The number of amides is 2. The molecule has 7 heteroatoms. The number of ether oxygens (including phenoxy) is 2. The summed E-state index contributed by atoms with van der Waals surface area (Å²) in [5.41, 5.74) is 1.59. The Morgan fingerprint density at radius 2 is 2.04 bits per heavy atom. The van der Waals surface area contributed by atoms with Crippen molar-refractivity contribution in [3.63, 3.8) is 0 Å². The van der Waals surface area contributed by atoms with Crippen molar-refractivity contribution in [2.75, 3.05) is 26.9 Å². The van der Waals surface area contributed by atoms with E-state index in [0.717, 1.165) is 0 Å². The van der Waals surface area contributed by atoms with Gasteiger partial charge >= 0.3 is 12.0 Å². The van der Waals surface area contributed by atoms with Crippen LogP contribution >= 0.6 is 11.6 Å². The van der Waals surface area contributed by atoms with Crippen LogP contribution in [0, 0.1) is 0 Å². The van der Waals surface area contributed by atoms with Crippen molar-refractivity contribution in [1.29, 1.82) is 0 Å². The Kier molecular flexibility index (Phi) is 6.23. The molecule has 0 fully saturated rings. The summed E-state index contributed by atoms with van der Waals surface area (Å²) >= 11 is 6.26. The summed E-state index contributed by atoms with van der Waals surface area (Å²) in [7, 11) is 1.53. The minimum atomic E-state index is -0.649. The molecule has 1 aliphatic heterocycles. The van der Waals surface area contributed by atoms with Gasteiger partial charge in [0.15, 0.2) is 0 Å². The molecule has 6 nitrogen and oxygen atoms in total. The highest BCUT2D eigenvalue weighted by Gasteiger charge is 2.36. The Bertz CT molecular complexity index is 660. The molecule has 2 amide bonds. The maximum Gasteiger partial charge on any atom is 0.338 e. The number of methoxy groups -OCH3 is 1. The highest BCUT2D eigenvalue weighted by atomic mass is 35.5. The molecule has 0 spiro atoms. The Balaban J connectivity index is 2.44. The lowest BCUT2D eigenvalue weighted by Crippen LogP contribution is -2.48. The lowest BCUT2D eigenvalue weighted by atomic mass is 9.95. The molecular weight excluding hydrogens is 332 g/mol. The van der Waals surface area contributed by atoms with Crippen LogP contribution in [0.15, 0.2) is 35.5 Å². The zero-order chi connectivity index (χ0) is 17.7. The van der Waals surface area contributed by atoms with Crippen molar-refractivity contribution in [2.24, 2.45) is 0 Å². The third kappa shape index (κ3) is 3.71. The van der Waals surface area contributed by atoms with Crippen LogP contribution in [0.2, 0.25) is 5.02 Å². The maximum absolute atomic E-state index is 12.6. The second-order valence-electron chi connectivity index (χ2n) is 5.28. The minimum absolute atomic E-state index is 0.140. The summed E-state index contributed by atoms with van der Waals surface area (Å²) in [5.74, 6) is -0.493. The molecule has 2 rings (SSSR count). The Morgan fingerprint density at radius 3 is 2.67 bits per heavy atom. The minimum Gasteiger partial charge on any atom is -0.460 e. The van der Waals surface area contributed by atoms with Crippen molar-refractivity contribution >= 4 is 23.6 Å². The number of nitrogens with zero attached hydrogens (tertiary/aromatic N) is 1. The van der Waals surface area contributed by atoms with Gasteiger partial charge in [-0.3, -0.25) is 4.90 Å². The first-order valence-electron chi connectivity index (χ1n) is 7.70. The number of carbonyl (C=O) groups excluding carboxylic acids is 2. The number of urea groups is 1. The fourth-order valence-electron chi connectivity index (χ4n) is 2.66. The summed E-state index contributed by atoms with van der Waals surface area (Å²) in [4.78, 5) is 26.4. The molecule has 1 heterocycles. The van der Waals surface area contributed by atoms with E-state index >= 15 is 0 Å². The summed E-state index contributed by atoms with van der Waals surface area (Å²) < 4.78 is 10.2. The molecule has 1 aromatic carbocycles. The molecular formula is C17H21ClN2O4. The average molecular weight is 353 g/mol. The lowest BCUT2D eigenvalue weighted by Gasteiger charge is -2.35. The van der Waals surface area contributed by atoms with Gasteiger partial charge < -0.3 is 14.8 Å². The first kappa shape index (κ1) is 18.3. The molecule has 0 unspecified atom stereocenters. The van der Waals surface area contributed by atoms with Crippen molar-refractivity contribution < 1.29 is 19.1 Å². The molecule has 130 valence electrons. The van der Waals surface area contributed by atoms with Gasteiger partial charge in [0, 0.05) is 24.4 Å². The van der Waals surface area contributed by atoms with E-state index in [1.807, 2.05) is 13.0 Å². The Morgan fingerprint density at radius 1 is 1.33 bits per heavy atom. The van der Waals surface area contributed by atoms with Gasteiger partial charge in [-0.05, 0) is 25.5 Å².